The van der Waals surface area contributed by atoms with Gasteiger partial charge in [-0.3, -0.25) is 4.79 Å². The molecule has 2 saturated heterocycles. The fourth-order valence-corrected chi connectivity index (χ4v) is 4.41. The summed E-state index contributed by atoms with van der Waals surface area (Å²) >= 11 is 0. The van der Waals surface area contributed by atoms with Crippen LogP contribution in [-0.2, 0) is 14.6 Å². The second kappa shape index (κ2) is 4.00. The Morgan fingerprint density at radius 3 is 2.62 bits per heavy atom. The van der Waals surface area contributed by atoms with Crippen molar-refractivity contribution in [3.8, 4) is 0 Å². The van der Waals surface area contributed by atoms with Crippen molar-refractivity contribution in [2.75, 3.05) is 18.1 Å². The van der Waals surface area contributed by atoms with Gasteiger partial charge in [0.2, 0.25) is 5.91 Å². The Morgan fingerprint density at radius 1 is 1.50 bits per heavy atom. The molecule has 2 aliphatic heterocycles. The highest BCUT2D eigenvalue weighted by atomic mass is 32.2. The quantitative estimate of drug-likeness (QED) is 0.707. The van der Waals surface area contributed by atoms with Crippen molar-refractivity contribution in [1.29, 1.82) is 0 Å². The van der Waals surface area contributed by atoms with E-state index >= 15 is 0 Å². The molecular weight excluding hydrogens is 230 g/mol. The van der Waals surface area contributed by atoms with E-state index in [-0.39, 0.29) is 42.0 Å². The summed E-state index contributed by atoms with van der Waals surface area (Å²) in [5, 5.41) is 9.12. The molecule has 0 bridgehead atoms. The van der Waals surface area contributed by atoms with Crippen molar-refractivity contribution in [3.63, 3.8) is 0 Å². The van der Waals surface area contributed by atoms with E-state index in [0.717, 1.165) is 0 Å². The number of carbonyl (C=O) groups is 1. The number of hydrogen-bond donors (Lipinski definition) is 1. The molecule has 2 rings (SSSR count). The molecule has 5 nitrogen and oxygen atoms in total. The van der Waals surface area contributed by atoms with Gasteiger partial charge in [0.15, 0.2) is 9.84 Å². The van der Waals surface area contributed by atoms with Crippen molar-refractivity contribution >= 4 is 15.7 Å². The van der Waals surface area contributed by atoms with E-state index in [4.69, 9.17) is 5.11 Å². The molecule has 2 heterocycles. The predicted octanol–water partition coefficient (Wildman–Crippen LogP) is -0.597. The second-order valence-electron chi connectivity index (χ2n) is 4.75. The van der Waals surface area contributed by atoms with Crippen LogP contribution in [0.1, 0.15) is 19.8 Å². The molecule has 2 fully saturated rings. The van der Waals surface area contributed by atoms with Crippen molar-refractivity contribution in [2.24, 2.45) is 5.92 Å². The first-order chi connectivity index (χ1) is 7.44. The van der Waals surface area contributed by atoms with Crippen LogP contribution in [0.5, 0.6) is 0 Å². The fourth-order valence-electron chi connectivity index (χ4n) is 2.70. The predicted molar refractivity (Wildman–Crippen MR) is 58.6 cm³/mol. The number of rotatable bonds is 2. The summed E-state index contributed by atoms with van der Waals surface area (Å²) in [5.41, 5.74) is 0. The van der Waals surface area contributed by atoms with Crippen LogP contribution < -0.4 is 0 Å². The summed E-state index contributed by atoms with van der Waals surface area (Å²) in [4.78, 5) is 13.4. The van der Waals surface area contributed by atoms with Gasteiger partial charge >= 0.3 is 0 Å². The van der Waals surface area contributed by atoms with Crippen LogP contribution >= 0.6 is 0 Å². The third kappa shape index (κ3) is 1.96. The Hall–Kier alpha value is -0.620. The van der Waals surface area contributed by atoms with E-state index in [0.29, 0.717) is 12.8 Å². The van der Waals surface area contributed by atoms with Gasteiger partial charge in [-0.2, -0.15) is 0 Å². The molecule has 3 unspecified atom stereocenters. The van der Waals surface area contributed by atoms with E-state index in [2.05, 4.69) is 0 Å². The number of carbonyl (C=O) groups excluding carboxylic acids is 1. The van der Waals surface area contributed by atoms with Gasteiger partial charge in [-0.05, 0) is 13.3 Å². The zero-order valence-electron chi connectivity index (χ0n) is 9.30. The average molecular weight is 247 g/mol. The summed E-state index contributed by atoms with van der Waals surface area (Å²) in [6, 6.07) is -0.222. The summed E-state index contributed by atoms with van der Waals surface area (Å²) in [6.45, 7) is 1.87. The zero-order chi connectivity index (χ0) is 11.9. The monoisotopic (exact) mass is 247 g/mol. The highest BCUT2D eigenvalue weighted by molar-refractivity contribution is 7.91. The Labute approximate surface area is 95.4 Å². The second-order valence-corrected chi connectivity index (χ2v) is 6.97. The number of nitrogens with zero attached hydrogens (tertiary/aromatic N) is 1. The number of aliphatic hydroxyl groups is 1. The van der Waals surface area contributed by atoms with E-state index in [1.165, 1.54) is 0 Å². The van der Waals surface area contributed by atoms with E-state index < -0.39 is 9.84 Å². The van der Waals surface area contributed by atoms with Gasteiger partial charge < -0.3 is 10.0 Å². The molecule has 0 aromatic rings. The third-order valence-electron chi connectivity index (χ3n) is 3.68. The molecule has 2 aliphatic rings. The Kier molecular flexibility index (Phi) is 2.96. The molecule has 92 valence electrons. The molecule has 1 N–H and O–H groups in total. The molecule has 6 heteroatoms. The van der Waals surface area contributed by atoms with E-state index in [1.54, 1.807) is 4.90 Å². The van der Waals surface area contributed by atoms with Crippen LogP contribution in [0.25, 0.3) is 0 Å². The minimum atomic E-state index is -2.96. The molecule has 0 radical (unpaired) electrons. The minimum absolute atomic E-state index is 0.0110. The van der Waals surface area contributed by atoms with Crippen LogP contribution in [0.2, 0.25) is 0 Å². The first-order valence-electron chi connectivity index (χ1n) is 5.57. The van der Waals surface area contributed by atoms with Crippen LogP contribution in [0.4, 0.5) is 0 Å². The zero-order valence-corrected chi connectivity index (χ0v) is 10.1. The lowest BCUT2D eigenvalue weighted by Crippen LogP contribution is -2.42. The first-order valence-corrected chi connectivity index (χ1v) is 7.39. The lowest BCUT2D eigenvalue weighted by atomic mass is 10.0. The van der Waals surface area contributed by atoms with Gasteiger partial charge in [-0.25, -0.2) is 8.42 Å². The van der Waals surface area contributed by atoms with Gasteiger partial charge in [0.05, 0.1) is 11.5 Å². The standard InChI is InChI=1S/C10H17NO4S/c1-7-8(5-12)4-10(13)11(7)9-2-3-16(14,15)6-9/h7-9,12H,2-6H2,1H3. The maximum absolute atomic E-state index is 11.8. The Morgan fingerprint density at radius 2 is 2.19 bits per heavy atom. The number of hydrogen-bond acceptors (Lipinski definition) is 4. The number of likely N-dealkylation sites (tertiary alicyclic amines) is 1. The summed E-state index contributed by atoms with van der Waals surface area (Å²) in [7, 11) is -2.96. The van der Waals surface area contributed by atoms with Crippen molar-refractivity contribution in [3.05, 3.63) is 0 Å². The van der Waals surface area contributed by atoms with Crippen LogP contribution in [0.3, 0.4) is 0 Å². The molecule has 16 heavy (non-hydrogen) atoms. The largest absolute Gasteiger partial charge is 0.396 e. The van der Waals surface area contributed by atoms with Gasteiger partial charge in [0.1, 0.15) is 0 Å². The van der Waals surface area contributed by atoms with Crippen LogP contribution in [0, 0.1) is 5.92 Å². The van der Waals surface area contributed by atoms with Crippen LogP contribution in [-0.4, -0.2) is 54.5 Å². The third-order valence-corrected chi connectivity index (χ3v) is 5.43. The van der Waals surface area contributed by atoms with E-state index in [9.17, 15) is 13.2 Å². The maximum Gasteiger partial charge on any atom is 0.223 e. The van der Waals surface area contributed by atoms with Gasteiger partial charge in [0.25, 0.3) is 0 Å². The van der Waals surface area contributed by atoms with Gasteiger partial charge in [0, 0.05) is 31.0 Å². The number of sulfone groups is 1. The van der Waals surface area contributed by atoms with Crippen molar-refractivity contribution in [1.82, 2.24) is 4.90 Å². The van der Waals surface area contributed by atoms with Crippen molar-refractivity contribution < 1.29 is 18.3 Å². The molecule has 3 atom stereocenters. The Bertz CT molecular complexity index is 392. The highest BCUT2D eigenvalue weighted by Crippen LogP contribution is 2.30. The van der Waals surface area contributed by atoms with Crippen molar-refractivity contribution in [2.45, 2.75) is 31.8 Å². The van der Waals surface area contributed by atoms with Crippen LogP contribution in [0.15, 0.2) is 0 Å². The SMILES string of the molecule is CC1C(CO)CC(=O)N1C1CCS(=O)(=O)C1. The minimum Gasteiger partial charge on any atom is -0.396 e. The molecule has 0 aromatic heterocycles. The summed E-state index contributed by atoms with van der Waals surface area (Å²) in [5.74, 6) is 0.198. The number of amides is 1. The molecule has 0 spiro atoms. The smallest absolute Gasteiger partial charge is 0.223 e. The molecule has 0 aromatic carbocycles. The van der Waals surface area contributed by atoms with Gasteiger partial charge in [-0.15, -0.1) is 0 Å². The lowest BCUT2D eigenvalue weighted by Gasteiger charge is -2.29. The topological polar surface area (TPSA) is 74.7 Å². The summed E-state index contributed by atoms with van der Waals surface area (Å²) < 4.78 is 22.7. The highest BCUT2D eigenvalue weighted by Gasteiger charge is 2.43. The Balaban J connectivity index is 2.13. The fraction of sp³-hybridized carbons (Fsp3) is 0.900. The first kappa shape index (κ1) is 11.9. The molecular formula is C10H17NO4S. The van der Waals surface area contributed by atoms with E-state index in [1.807, 2.05) is 6.92 Å². The maximum atomic E-state index is 11.8. The number of aliphatic hydroxyl groups excluding tert-OH is 1. The normalized spacial score (nSPS) is 38.2. The summed E-state index contributed by atoms with van der Waals surface area (Å²) in [6.07, 6.45) is 0.880. The van der Waals surface area contributed by atoms with Gasteiger partial charge in [-0.1, -0.05) is 0 Å². The lowest BCUT2D eigenvalue weighted by molar-refractivity contribution is -0.130. The molecule has 0 saturated carbocycles. The average Bonchev–Trinajstić information content (AvgIpc) is 2.67. The molecule has 0 aliphatic carbocycles. The molecule has 1 amide bonds.